The van der Waals surface area contributed by atoms with Crippen molar-refractivity contribution in [2.45, 2.75) is 31.1 Å². The number of methoxy groups -OCH3 is 1. The quantitative estimate of drug-likeness (QED) is 0.612. The Labute approximate surface area is 168 Å². The van der Waals surface area contributed by atoms with Gasteiger partial charge in [-0.2, -0.15) is 4.98 Å². The molecule has 28 heavy (non-hydrogen) atoms. The number of nitrogens with one attached hydrogen (secondary N) is 1. The topological polar surface area (TPSA) is 94.3 Å². The molecule has 0 aliphatic rings. The molecule has 1 aromatic heterocycles. The van der Waals surface area contributed by atoms with Crippen molar-refractivity contribution >= 4 is 27.3 Å². The number of sulfonamides is 1. The second-order valence-electron chi connectivity index (χ2n) is 6.48. The molecule has 0 bridgehead atoms. The molecule has 0 saturated carbocycles. The van der Waals surface area contributed by atoms with Crippen LogP contribution in [0.2, 0.25) is 5.02 Å². The van der Waals surface area contributed by atoms with Crippen LogP contribution in [0.5, 0.6) is 5.75 Å². The first-order valence-corrected chi connectivity index (χ1v) is 10.4. The lowest BCUT2D eigenvalue weighted by molar-refractivity contribution is 0.361. The van der Waals surface area contributed by atoms with Crippen molar-refractivity contribution in [3.05, 3.63) is 64.8 Å². The second kappa shape index (κ2) is 8.20. The average Bonchev–Trinajstić information content (AvgIpc) is 3.12. The van der Waals surface area contributed by atoms with Crippen molar-refractivity contribution in [2.24, 2.45) is 0 Å². The molecule has 0 radical (unpaired) electrons. The molecule has 0 aliphatic heterocycles. The van der Waals surface area contributed by atoms with Crippen molar-refractivity contribution in [1.82, 2.24) is 10.1 Å². The molecule has 0 atom stereocenters. The predicted octanol–water partition coefficient (Wildman–Crippen LogP) is 4.25. The maximum absolute atomic E-state index is 12.7. The fourth-order valence-corrected chi connectivity index (χ4v) is 4.01. The summed E-state index contributed by atoms with van der Waals surface area (Å²) in [7, 11) is -2.45. The van der Waals surface area contributed by atoms with Gasteiger partial charge in [-0.05, 0) is 35.9 Å². The Morgan fingerprint density at radius 3 is 2.50 bits per heavy atom. The number of aromatic nitrogens is 2. The predicted molar refractivity (Wildman–Crippen MR) is 106 cm³/mol. The van der Waals surface area contributed by atoms with Gasteiger partial charge in [0.25, 0.3) is 10.0 Å². The number of hydrogen-bond acceptors (Lipinski definition) is 6. The third-order valence-corrected chi connectivity index (χ3v) is 5.60. The van der Waals surface area contributed by atoms with E-state index >= 15 is 0 Å². The minimum absolute atomic E-state index is 0.0282. The Balaban J connectivity index is 1.75. The maximum Gasteiger partial charge on any atom is 0.265 e. The van der Waals surface area contributed by atoms with Crippen LogP contribution in [0.25, 0.3) is 0 Å². The molecular formula is C19H20ClN3O4S. The minimum Gasteiger partial charge on any atom is -0.495 e. The third-order valence-electron chi connectivity index (χ3n) is 3.96. The van der Waals surface area contributed by atoms with Crippen LogP contribution in [0.4, 0.5) is 5.69 Å². The molecule has 3 aromatic rings. The maximum atomic E-state index is 12.7. The number of hydrogen-bond donors (Lipinski definition) is 1. The summed E-state index contributed by atoms with van der Waals surface area (Å²) in [5, 5.41) is 4.26. The highest BCUT2D eigenvalue weighted by atomic mass is 35.5. The fourth-order valence-electron chi connectivity index (χ4n) is 2.52. The van der Waals surface area contributed by atoms with E-state index in [1.165, 1.54) is 19.2 Å². The van der Waals surface area contributed by atoms with E-state index in [-0.39, 0.29) is 16.6 Å². The normalized spacial score (nSPS) is 11.6. The SMILES string of the molecule is COc1ccc(Cl)cc1S(=O)(=O)Nc1ccc(Cc2noc(C(C)C)n2)cc1. The van der Waals surface area contributed by atoms with E-state index in [9.17, 15) is 8.42 Å². The lowest BCUT2D eigenvalue weighted by atomic mass is 10.1. The molecule has 0 fully saturated rings. The van der Waals surface area contributed by atoms with Gasteiger partial charge in [0.1, 0.15) is 10.6 Å². The smallest absolute Gasteiger partial charge is 0.265 e. The monoisotopic (exact) mass is 421 g/mol. The Kier molecular flexibility index (Phi) is 5.90. The first kappa shape index (κ1) is 20.2. The van der Waals surface area contributed by atoms with Crippen molar-refractivity contribution in [2.75, 3.05) is 11.8 Å². The van der Waals surface area contributed by atoms with Crippen LogP contribution in [0, 0.1) is 0 Å². The molecule has 9 heteroatoms. The van der Waals surface area contributed by atoms with E-state index < -0.39 is 10.0 Å². The van der Waals surface area contributed by atoms with Crippen LogP contribution >= 0.6 is 11.6 Å². The molecule has 148 valence electrons. The van der Waals surface area contributed by atoms with Crippen LogP contribution in [-0.2, 0) is 16.4 Å². The zero-order chi connectivity index (χ0) is 20.3. The number of halogens is 1. The van der Waals surface area contributed by atoms with Gasteiger partial charge in [0.15, 0.2) is 5.82 Å². The summed E-state index contributed by atoms with van der Waals surface area (Å²) in [6.07, 6.45) is 0.491. The molecule has 1 heterocycles. The van der Waals surface area contributed by atoms with Gasteiger partial charge in [0.2, 0.25) is 5.89 Å². The number of ether oxygens (including phenoxy) is 1. The average molecular weight is 422 g/mol. The summed E-state index contributed by atoms with van der Waals surface area (Å²) in [5.74, 6) is 1.56. The Morgan fingerprint density at radius 2 is 1.89 bits per heavy atom. The van der Waals surface area contributed by atoms with Crippen molar-refractivity contribution in [3.8, 4) is 5.75 Å². The fraction of sp³-hybridized carbons (Fsp3) is 0.263. The number of rotatable bonds is 7. The minimum atomic E-state index is -3.86. The summed E-state index contributed by atoms with van der Waals surface area (Å²) in [4.78, 5) is 4.31. The van der Waals surface area contributed by atoms with E-state index in [4.69, 9.17) is 20.9 Å². The second-order valence-corrected chi connectivity index (χ2v) is 8.57. The number of nitrogens with zero attached hydrogens (tertiary/aromatic N) is 2. The van der Waals surface area contributed by atoms with E-state index in [0.717, 1.165) is 5.56 Å². The van der Waals surface area contributed by atoms with Gasteiger partial charge < -0.3 is 9.26 Å². The largest absolute Gasteiger partial charge is 0.495 e. The standard InChI is InChI=1S/C19H20ClN3O4S/c1-12(2)19-21-18(22-27-19)10-13-4-7-15(8-5-13)23-28(24,25)17-11-14(20)6-9-16(17)26-3/h4-9,11-12,23H,10H2,1-3H3. The molecule has 0 saturated heterocycles. The molecule has 2 aromatic carbocycles. The van der Waals surface area contributed by atoms with Gasteiger partial charge in [-0.3, -0.25) is 4.72 Å². The molecule has 7 nitrogen and oxygen atoms in total. The lowest BCUT2D eigenvalue weighted by Crippen LogP contribution is -2.14. The molecule has 0 amide bonds. The van der Waals surface area contributed by atoms with Gasteiger partial charge in [-0.15, -0.1) is 0 Å². The molecule has 1 N–H and O–H groups in total. The number of benzene rings is 2. The zero-order valence-electron chi connectivity index (χ0n) is 15.6. The summed E-state index contributed by atoms with van der Waals surface area (Å²) in [6, 6.07) is 11.4. The first-order chi connectivity index (χ1) is 13.3. The third kappa shape index (κ3) is 4.63. The molecule has 0 aliphatic carbocycles. The summed E-state index contributed by atoms with van der Waals surface area (Å²) >= 11 is 5.93. The van der Waals surface area contributed by atoms with E-state index in [2.05, 4.69) is 14.9 Å². The van der Waals surface area contributed by atoms with E-state index in [0.29, 0.717) is 28.8 Å². The van der Waals surface area contributed by atoms with Crippen molar-refractivity contribution in [1.29, 1.82) is 0 Å². The molecule has 0 unspecified atom stereocenters. The van der Waals surface area contributed by atoms with Gasteiger partial charge >= 0.3 is 0 Å². The van der Waals surface area contributed by atoms with Gasteiger partial charge in [-0.25, -0.2) is 8.42 Å². The van der Waals surface area contributed by atoms with Crippen LogP contribution < -0.4 is 9.46 Å². The summed E-state index contributed by atoms with van der Waals surface area (Å²) in [5.41, 5.74) is 1.35. The van der Waals surface area contributed by atoms with Crippen LogP contribution in [0.15, 0.2) is 51.9 Å². The molecular weight excluding hydrogens is 402 g/mol. The lowest BCUT2D eigenvalue weighted by Gasteiger charge is -2.12. The first-order valence-electron chi connectivity index (χ1n) is 8.56. The summed E-state index contributed by atoms with van der Waals surface area (Å²) in [6.45, 7) is 3.96. The highest BCUT2D eigenvalue weighted by Crippen LogP contribution is 2.28. The highest BCUT2D eigenvalue weighted by molar-refractivity contribution is 7.92. The number of anilines is 1. The van der Waals surface area contributed by atoms with Gasteiger partial charge in [0, 0.05) is 23.0 Å². The van der Waals surface area contributed by atoms with Crippen LogP contribution in [0.1, 0.15) is 37.0 Å². The van der Waals surface area contributed by atoms with Crippen molar-refractivity contribution in [3.63, 3.8) is 0 Å². The Morgan fingerprint density at radius 1 is 1.18 bits per heavy atom. The zero-order valence-corrected chi connectivity index (χ0v) is 17.2. The van der Waals surface area contributed by atoms with Gasteiger partial charge in [0.05, 0.1) is 7.11 Å². The Hall–Kier alpha value is -2.58. The summed E-state index contributed by atoms with van der Waals surface area (Å²) < 4.78 is 38.2. The molecule has 0 spiro atoms. The Bertz CT molecular complexity index is 1060. The van der Waals surface area contributed by atoms with Crippen LogP contribution in [-0.4, -0.2) is 25.7 Å². The van der Waals surface area contributed by atoms with E-state index in [1.54, 1.807) is 30.3 Å². The van der Waals surface area contributed by atoms with Crippen LogP contribution in [0.3, 0.4) is 0 Å². The van der Waals surface area contributed by atoms with Gasteiger partial charge in [-0.1, -0.05) is 42.7 Å². The van der Waals surface area contributed by atoms with Crippen molar-refractivity contribution < 1.29 is 17.7 Å². The van der Waals surface area contributed by atoms with E-state index in [1.807, 2.05) is 13.8 Å². The molecule has 3 rings (SSSR count). The highest BCUT2D eigenvalue weighted by Gasteiger charge is 2.20.